The molecule has 3 aliphatic rings. The number of rotatable bonds is 11. The molecule has 0 aromatic carbocycles. The Bertz CT molecular complexity index is 378. The molecule has 3 aliphatic carbocycles. The number of hydrogen-bond donors (Lipinski definition) is 2. The van der Waals surface area contributed by atoms with Crippen molar-refractivity contribution in [2.45, 2.75) is 50.1 Å². The summed E-state index contributed by atoms with van der Waals surface area (Å²) < 4.78 is 5.66. The van der Waals surface area contributed by atoms with Crippen LogP contribution in [0.5, 0.6) is 0 Å². The number of hydrogen-bond acceptors (Lipinski definition) is 4. The molecular formula is C16H28N2O3. The van der Waals surface area contributed by atoms with Gasteiger partial charge in [0.25, 0.3) is 0 Å². The highest BCUT2D eigenvalue weighted by Gasteiger charge is 2.53. The molecule has 0 aliphatic heterocycles. The second kappa shape index (κ2) is 6.23. The van der Waals surface area contributed by atoms with Gasteiger partial charge in [0, 0.05) is 25.7 Å². The lowest BCUT2D eigenvalue weighted by molar-refractivity contribution is -0.147. The van der Waals surface area contributed by atoms with Crippen LogP contribution >= 0.6 is 0 Å². The topological polar surface area (TPSA) is 61.8 Å². The summed E-state index contributed by atoms with van der Waals surface area (Å²) >= 11 is 0. The lowest BCUT2D eigenvalue weighted by atomic mass is 9.92. The van der Waals surface area contributed by atoms with Gasteiger partial charge in [0.2, 0.25) is 0 Å². The van der Waals surface area contributed by atoms with Crippen LogP contribution in [0.3, 0.4) is 0 Å². The van der Waals surface area contributed by atoms with Gasteiger partial charge in [-0.05, 0) is 57.4 Å². The molecule has 1 atom stereocenters. The molecule has 120 valence electrons. The van der Waals surface area contributed by atoms with E-state index in [4.69, 9.17) is 4.74 Å². The summed E-state index contributed by atoms with van der Waals surface area (Å²) in [6, 6.07) is 0.418. The highest BCUT2D eigenvalue weighted by Crippen LogP contribution is 2.42. The minimum Gasteiger partial charge on any atom is -0.480 e. The predicted molar refractivity (Wildman–Crippen MR) is 80.3 cm³/mol. The van der Waals surface area contributed by atoms with E-state index in [0.717, 1.165) is 44.8 Å². The Morgan fingerprint density at radius 1 is 1.29 bits per heavy atom. The van der Waals surface area contributed by atoms with Gasteiger partial charge in [0.05, 0.1) is 6.61 Å². The number of likely N-dealkylation sites (N-methyl/N-ethyl adjacent to an activating group) is 1. The van der Waals surface area contributed by atoms with Crippen LogP contribution in [-0.2, 0) is 9.53 Å². The van der Waals surface area contributed by atoms with Crippen molar-refractivity contribution in [3.8, 4) is 0 Å². The fourth-order valence-corrected chi connectivity index (χ4v) is 3.02. The van der Waals surface area contributed by atoms with Crippen LogP contribution in [-0.4, -0.2) is 60.9 Å². The van der Waals surface area contributed by atoms with Gasteiger partial charge in [-0.1, -0.05) is 0 Å². The minimum atomic E-state index is -0.744. The first-order valence-corrected chi connectivity index (χ1v) is 8.37. The molecule has 0 saturated heterocycles. The summed E-state index contributed by atoms with van der Waals surface area (Å²) in [6.45, 7) is 2.97. The maximum absolute atomic E-state index is 11.9. The van der Waals surface area contributed by atoms with E-state index >= 15 is 0 Å². The average Bonchev–Trinajstić information content (AvgIpc) is 3.24. The van der Waals surface area contributed by atoms with E-state index in [-0.39, 0.29) is 0 Å². The van der Waals surface area contributed by atoms with Crippen LogP contribution in [0.25, 0.3) is 0 Å². The number of carboxylic acids is 1. The second-order valence-electron chi connectivity index (χ2n) is 7.23. The number of carbonyl (C=O) groups is 1. The van der Waals surface area contributed by atoms with Crippen molar-refractivity contribution in [3.63, 3.8) is 0 Å². The van der Waals surface area contributed by atoms with Crippen LogP contribution in [0.15, 0.2) is 0 Å². The molecule has 1 unspecified atom stereocenters. The van der Waals surface area contributed by atoms with Crippen molar-refractivity contribution in [3.05, 3.63) is 0 Å². The van der Waals surface area contributed by atoms with Crippen LogP contribution in [0, 0.1) is 11.8 Å². The lowest BCUT2D eigenvalue weighted by Gasteiger charge is -2.35. The van der Waals surface area contributed by atoms with Gasteiger partial charge in [0.1, 0.15) is 5.54 Å². The Hall–Kier alpha value is -0.650. The summed E-state index contributed by atoms with van der Waals surface area (Å²) in [5.74, 6) is 0.407. The van der Waals surface area contributed by atoms with Crippen molar-refractivity contribution in [2.75, 3.05) is 33.4 Å². The molecule has 5 nitrogen and oxygen atoms in total. The summed E-state index contributed by atoms with van der Waals surface area (Å²) in [4.78, 5) is 14.0. The molecule has 0 bridgehead atoms. The summed E-state index contributed by atoms with van der Waals surface area (Å²) in [5.41, 5.74) is -0.744. The highest BCUT2D eigenvalue weighted by atomic mass is 16.5. The van der Waals surface area contributed by atoms with Crippen molar-refractivity contribution in [1.29, 1.82) is 0 Å². The third kappa shape index (κ3) is 4.18. The van der Waals surface area contributed by atoms with Gasteiger partial charge < -0.3 is 14.7 Å². The molecule has 3 rings (SSSR count). The number of ether oxygens (including phenoxy) is 1. The van der Waals surface area contributed by atoms with Crippen LogP contribution in [0.4, 0.5) is 0 Å². The predicted octanol–water partition coefficient (Wildman–Crippen LogP) is 1.33. The normalized spacial score (nSPS) is 25.0. The SMILES string of the molecule is CN(CCOCC1CC1)CC(NC1CC1)(C(=O)O)C1CC1. The van der Waals surface area contributed by atoms with Crippen molar-refractivity contribution in [1.82, 2.24) is 10.2 Å². The third-order valence-corrected chi connectivity index (χ3v) is 4.88. The Morgan fingerprint density at radius 2 is 2.00 bits per heavy atom. The number of aliphatic carboxylic acids is 1. The molecule has 0 heterocycles. The average molecular weight is 296 g/mol. The molecular weight excluding hydrogens is 268 g/mol. The fourth-order valence-electron chi connectivity index (χ4n) is 3.02. The van der Waals surface area contributed by atoms with E-state index in [9.17, 15) is 9.90 Å². The molecule has 5 heteroatoms. The smallest absolute Gasteiger partial charge is 0.325 e. The Balaban J connectivity index is 1.48. The van der Waals surface area contributed by atoms with Crippen molar-refractivity contribution in [2.24, 2.45) is 11.8 Å². The largest absolute Gasteiger partial charge is 0.480 e. The monoisotopic (exact) mass is 296 g/mol. The Morgan fingerprint density at radius 3 is 2.52 bits per heavy atom. The van der Waals surface area contributed by atoms with Gasteiger partial charge in [-0.3, -0.25) is 10.1 Å². The zero-order valence-corrected chi connectivity index (χ0v) is 13.0. The maximum atomic E-state index is 11.9. The molecule has 0 amide bonds. The van der Waals surface area contributed by atoms with E-state index in [1.165, 1.54) is 12.8 Å². The first kappa shape index (κ1) is 15.3. The van der Waals surface area contributed by atoms with E-state index in [1.807, 2.05) is 7.05 Å². The second-order valence-corrected chi connectivity index (χ2v) is 7.23. The molecule has 0 aromatic heterocycles. The van der Waals surface area contributed by atoms with E-state index in [2.05, 4.69) is 10.2 Å². The quantitative estimate of drug-likeness (QED) is 0.563. The van der Waals surface area contributed by atoms with Crippen molar-refractivity contribution >= 4 is 5.97 Å². The summed E-state index contributed by atoms with van der Waals surface area (Å²) in [6.07, 6.45) is 6.94. The van der Waals surface area contributed by atoms with Crippen LogP contribution in [0.2, 0.25) is 0 Å². The first-order valence-electron chi connectivity index (χ1n) is 8.37. The maximum Gasteiger partial charge on any atom is 0.325 e. The minimum absolute atomic E-state index is 0.297. The first-order chi connectivity index (χ1) is 10.1. The van der Waals surface area contributed by atoms with E-state index < -0.39 is 11.5 Å². The van der Waals surface area contributed by atoms with Crippen molar-refractivity contribution < 1.29 is 14.6 Å². The lowest BCUT2D eigenvalue weighted by Crippen LogP contribution is -2.61. The van der Waals surface area contributed by atoms with Crippen LogP contribution < -0.4 is 5.32 Å². The fraction of sp³-hybridized carbons (Fsp3) is 0.938. The zero-order valence-electron chi connectivity index (χ0n) is 13.0. The Kier molecular flexibility index (Phi) is 4.52. The summed E-state index contributed by atoms with van der Waals surface area (Å²) in [7, 11) is 2.01. The van der Waals surface area contributed by atoms with Gasteiger partial charge in [0.15, 0.2) is 0 Å². The molecule has 2 N–H and O–H groups in total. The molecule has 21 heavy (non-hydrogen) atoms. The molecule has 3 fully saturated rings. The van der Waals surface area contributed by atoms with Gasteiger partial charge >= 0.3 is 5.97 Å². The molecule has 0 spiro atoms. The number of nitrogens with zero attached hydrogens (tertiary/aromatic N) is 1. The van der Waals surface area contributed by atoms with Gasteiger partial charge in [-0.15, -0.1) is 0 Å². The summed E-state index contributed by atoms with van der Waals surface area (Å²) in [5, 5.41) is 13.2. The highest BCUT2D eigenvalue weighted by molar-refractivity contribution is 5.80. The van der Waals surface area contributed by atoms with Gasteiger partial charge in [-0.2, -0.15) is 0 Å². The zero-order chi connectivity index (χ0) is 14.9. The van der Waals surface area contributed by atoms with E-state index in [1.54, 1.807) is 0 Å². The van der Waals surface area contributed by atoms with Crippen LogP contribution in [0.1, 0.15) is 38.5 Å². The van der Waals surface area contributed by atoms with E-state index in [0.29, 0.717) is 25.1 Å². The molecule has 0 radical (unpaired) electrons. The standard InChI is InChI=1S/C16H28N2O3/c1-18(8-9-21-10-12-2-3-12)11-16(15(19)20,13-4-5-13)17-14-6-7-14/h12-14,17H,2-11H2,1H3,(H,19,20). The third-order valence-electron chi connectivity index (χ3n) is 4.88. The number of carboxylic acid groups (broad SMARTS) is 1. The molecule has 0 aromatic rings. The number of nitrogens with one attached hydrogen (secondary N) is 1. The van der Waals surface area contributed by atoms with Gasteiger partial charge in [-0.25, -0.2) is 0 Å². The molecule has 3 saturated carbocycles. The Labute approximate surface area is 127 Å².